The molecule has 0 aliphatic carbocycles. The minimum absolute atomic E-state index is 3.23. The molecule has 13 heteroatoms. The first kappa shape index (κ1) is 19.3. The third kappa shape index (κ3) is 3.90. The van der Waals surface area contributed by atoms with Crippen LogP contribution in [0.1, 0.15) is 0 Å². The molecule has 0 aliphatic rings. The summed E-state index contributed by atoms with van der Waals surface area (Å²) in [7, 11) is 0. The van der Waals surface area contributed by atoms with Gasteiger partial charge in [0.15, 0.2) is 0 Å². The van der Waals surface area contributed by atoms with Crippen LogP contribution in [0.4, 0.5) is 26.3 Å². The van der Waals surface area contributed by atoms with Crippen molar-refractivity contribution in [2.75, 3.05) is 0 Å². The van der Waals surface area contributed by atoms with Crippen molar-refractivity contribution in [1.29, 1.82) is 0 Å². The van der Waals surface area contributed by atoms with Crippen LogP contribution >= 0.6 is 69.6 Å². The molecule has 0 heterocycles. The molecule has 18 heavy (non-hydrogen) atoms. The molecule has 1 unspecified atom stereocenters. The lowest BCUT2D eigenvalue weighted by Gasteiger charge is -2.36. The Morgan fingerprint density at radius 1 is 0.667 bits per heavy atom. The molecule has 0 fully saturated rings. The number of alkyl halides is 12. The van der Waals surface area contributed by atoms with E-state index < -0.39 is 25.7 Å². The average molecular weight is 403 g/mol. The van der Waals surface area contributed by atoms with Crippen LogP contribution < -0.4 is 0 Å². The van der Waals surface area contributed by atoms with Gasteiger partial charge in [0.2, 0.25) is 0 Å². The van der Waals surface area contributed by atoms with E-state index >= 15 is 0 Å². The Kier molecular flexibility index (Phi) is 5.61. The van der Waals surface area contributed by atoms with Gasteiger partial charge in [-0.05, 0) is 11.6 Å². The highest BCUT2D eigenvalue weighted by Crippen LogP contribution is 2.55. The van der Waals surface area contributed by atoms with Gasteiger partial charge in [-0.3, -0.25) is 4.74 Å². The molecule has 0 saturated carbocycles. The van der Waals surface area contributed by atoms with Gasteiger partial charge in [-0.1, -0.05) is 58.0 Å². The van der Waals surface area contributed by atoms with E-state index in [1.54, 1.807) is 0 Å². The maximum absolute atomic E-state index is 13.3. The summed E-state index contributed by atoms with van der Waals surface area (Å²) in [6.45, 7) is 0. The number of ether oxygens (including phenoxy) is 1. The summed E-state index contributed by atoms with van der Waals surface area (Å²) in [6.07, 6.45) is -6.25. The van der Waals surface area contributed by atoms with Crippen molar-refractivity contribution in [3.63, 3.8) is 0 Å². The molecule has 0 aromatic rings. The van der Waals surface area contributed by atoms with Crippen molar-refractivity contribution in [2.45, 2.75) is 25.7 Å². The lowest BCUT2D eigenvalue weighted by molar-refractivity contribution is -0.327. The predicted octanol–water partition coefficient (Wildman–Crippen LogP) is 5.56. The van der Waals surface area contributed by atoms with Crippen LogP contribution in [-0.4, -0.2) is 25.7 Å². The Bertz CT molecular complexity index is 309. The second-order valence-corrected chi connectivity index (χ2v) is 6.73. The zero-order valence-electron chi connectivity index (χ0n) is 7.44. The number of rotatable bonds is 3. The molecule has 110 valence electrons. The molecule has 0 N–H and O–H groups in total. The van der Waals surface area contributed by atoms with Gasteiger partial charge in [-0.15, -0.1) is 0 Å². The molecular formula is C5Cl6F6O. The van der Waals surface area contributed by atoms with Gasteiger partial charge in [0.25, 0.3) is 8.31 Å². The van der Waals surface area contributed by atoms with E-state index in [4.69, 9.17) is 46.4 Å². The first-order valence-corrected chi connectivity index (χ1v) is 5.69. The monoisotopic (exact) mass is 400 g/mol. The Morgan fingerprint density at radius 2 is 1.00 bits per heavy atom. The summed E-state index contributed by atoms with van der Waals surface area (Å²) in [5.41, 5.74) is 0. The molecule has 0 saturated heterocycles. The Labute approximate surface area is 126 Å². The van der Waals surface area contributed by atoms with Crippen LogP contribution in [0, 0.1) is 0 Å². The molecule has 0 spiro atoms. The zero-order chi connectivity index (χ0) is 15.2. The van der Waals surface area contributed by atoms with Crippen LogP contribution in [0.2, 0.25) is 0 Å². The van der Waals surface area contributed by atoms with Crippen LogP contribution in [0.5, 0.6) is 0 Å². The van der Waals surface area contributed by atoms with E-state index in [1.807, 2.05) is 0 Å². The fourth-order valence-corrected chi connectivity index (χ4v) is 1.19. The van der Waals surface area contributed by atoms with Crippen LogP contribution in [0.3, 0.4) is 0 Å². The van der Waals surface area contributed by atoms with Crippen LogP contribution in [-0.2, 0) is 4.74 Å². The molecule has 0 aromatic heterocycles. The highest BCUT2D eigenvalue weighted by atomic mass is 35.6. The average Bonchev–Trinajstić information content (AvgIpc) is 1.96. The molecular weight excluding hydrogens is 403 g/mol. The van der Waals surface area contributed by atoms with Crippen LogP contribution in [0.15, 0.2) is 0 Å². The van der Waals surface area contributed by atoms with Gasteiger partial charge in [-0.25, -0.2) is 0 Å². The summed E-state index contributed by atoms with van der Waals surface area (Å²) < 4.78 is 70.3. The van der Waals surface area contributed by atoms with Crippen molar-refractivity contribution in [3.8, 4) is 0 Å². The van der Waals surface area contributed by atoms with Crippen molar-refractivity contribution >= 4 is 69.6 Å². The topological polar surface area (TPSA) is 9.23 Å². The lowest BCUT2D eigenvalue weighted by atomic mass is 10.3. The van der Waals surface area contributed by atoms with Crippen molar-refractivity contribution < 1.29 is 31.1 Å². The molecule has 0 amide bonds. The van der Waals surface area contributed by atoms with E-state index in [1.165, 1.54) is 0 Å². The predicted molar refractivity (Wildman–Crippen MR) is 56.5 cm³/mol. The van der Waals surface area contributed by atoms with E-state index in [0.717, 1.165) is 0 Å². The zero-order valence-corrected chi connectivity index (χ0v) is 12.0. The van der Waals surface area contributed by atoms with Crippen LogP contribution in [0.25, 0.3) is 0 Å². The third-order valence-electron chi connectivity index (χ3n) is 1.31. The number of hydrogen-bond donors (Lipinski definition) is 0. The van der Waals surface area contributed by atoms with E-state index in [9.17, 15) is 26.3 Å². The Morgan fingerprint density at radius 3 is 1.22 bits per heavy atom. The summed E-state index contributed by atoms with van der Waals surface area (Å²) >= 11 is 28.4. The first-order chi connectivity index (χ1) is 7.46. The van der Waals surface area contributed by atoms with Gasteiger partial charge >= 0.3 is 17.4 Å². The largest absolute Gasteiger partial charge is 0.459 e. The fraction of sp³-hybridized carbons (Fsp3) is 1.00. The van der Waals surface area contributed by atoms with Crippen molar-refractivity contribution in [2.24, 2.45) is 0 Å². The maximum atomic E-state index is 13.3. The second kappa shape index (κ2) is 5.24. The lowest BCUT2D eigenvalue weighted by Crippen LogP contribution is -2.56. The number of hydrogen-bond acceptors (Lipinski definition) is 1. The molecule has 0 rings (SSSR count). The van der Waals surface area contributed by atoms with E-state index in [-0.39, 0.29) is 0 Å². The summed E-state index contributed by atoms with van der Waals surface area (Å²) in [6, 6.07) is 0. The highest BCUT2D eigenvalue weighted by molar-refractivity contribution is 6.70. The van der Waals surface area contributed by atoms with E-state index in [0.29, 0.717) is 0 Å². The van der Waals surface area contributed by atoms with Gasteiger partial charge in [0, 0.05) is 0 Å². The summed E-state index contributed by atoms with van der Waals surface area (Å²) in [5.74, 6) is -5.88. The summed E-state index contributed by atoms with van der Waals surface area (Å²) in [5, 5.41) is -4.13. The third-order valence-corrected chi connectivity index (χ3v) is 3.32. The Hall–Kier alpha value is 1.28. The molecule has 0 aromatic carbocycles. The quantitative estimate of drug-likeness (QED) is 0.443. The standard InChI is InChI=1S/C5Cl6F6O/c6-2(7,8)4(11,14)18-3(9,10)1(12,13)5(15,16)17. The van der Waals surface area contributed by atoms with E-state index in [2.05, 4.69) is 27.9 Å². The number of halogens is 12. The SMILES string of the molecule is FC(F)(F)C(F)(F)C(Cl)(Cl)OC(F)(Cl)C(Cl)(Cl)Cl. The fourth-order valence-electron chi connectivity index (χ4n) is 0.448. The molecule has 0 radical (unpaired) electrons. The van der Waals surface area contributed by atoms with Gasteiger partial charge < -0.3 is 0 Å². The summed E-state index contributed by atoms with van der Waals surface area (Å²) in [4.78, 5) is 0. The minimum atomic E-state index is -6.25. The molecule has 0 aliphatic heterocycles. The second-order valence-electron chi connectivity index (χ2n) is 2.71. The van der Waals surface area contributed by atoms with Gasteiger partial charge in [0.1, 0.15) is 0 Å². The smallest absolute Gasteiger partial charge is 0.288 e. The van der Waals surface area contributed by atoms with Gasteiger partial charge in [-0.2, -0.15) is 26.3 Å². The highest BCUT2D eigenvalue weighted by Gasteiger charge is 2.73. The minimum Gasteiger partial charge on any atom is -0.288 e. The normalized spacial score (nSPS) is 18.7. The molecule has 0 bridgehead atoms. The molecule has 1 nitrogen and oxygen atoms in total. The van der Waals surface area contributed by atoms with Crippen molar-refractivity contribution in [3.05, 3.63) is 0 Å². The first-order valence-electron chi connectivity index (χ1n) is 3.43. The maximum Gasteiger partial charge on any atom is 0.459 e. The van der Waals surface area contributed by atoms with Gasteiger partial charge in [0.05, 0.1) is 0 Å². The molecule has 1 atom stereocenters. The van der Waals surface area contributed by atoms with Crippen molar-refractivity contribution in [1.82, 2.24) is 0 Å². The Balaban J connectivity index is 5.33.